The fraction of sp³-hybridized carbons (Fsp3) is 0.696. The molecule has 0 amide bonds. The summed E-state index contributed by atoms with van der Waals surface area (Å²) in [6.07, 6.45) is 10.5. The monoisotopic (exact) mass is 386 g/mol. The summed E-state index contributed by atoms with van der Waals surface area (Å²) in [5.74, 6) is 0.368. The molecule has 6 atom stereocenters. The van der Waals surface area contributed by atoms with Crippen LogP contribution in [0.25, 0.3) is 0 Å². The Kier molecular flexibility index (Phi) is 4.46. The minimum absolute atomic E-state index is 0.0786. The second kappa shape index (κ2) is 6.38. The molecule has 0 saturated heterocycles. The van der Waals surface area contributed by atoms with E-state index in [1.807, 2.05) is 6.08 Å². The Labute approximate surface area is 166 Å². The van der Waals surface area contributed by atoms with Gasteiger partial charge in [-0.15, -0.1) is 0 Å². The molecule has 0 bridgehead atoms. The lowest BCUT2D eigenvalue weighted by molar-refractivity contribution is -0.189. The summed E-state index contributed by atoms with van der Waals surface area (Å²) in [5, 5.41) is 9.64. The molecule has 6 unspecified atom stereocenters. The van der Waals surface area contributed by atoms with E-state index >= 15 is 0 Å². The van der Waals surface area contributed by atoms with E-state index in [1.165, 1.54) is 12.5 Å². The van der Waals surface area contributed by atoms with Gasteiger partial charge in [0.15, 0.2) is 11.4 Å². The third-order valence-electron chi connectivity index (χ3n) is 8.59. The Hall–Kier alpha value is -1.75. The maximum atomic E-state index is 12.8. The summed E-state index contributed by atoms with van der Waals surface area (Å²) in [6, 6.07) is 0. The van der Waals surface area contributed by atoms with Gasteiger partial charge in [0.2, 0.25) is 5.78 Å². The minimum Gasteiger partial charge on any atom is -0.451 e. The fourth-order valence-corrected chi connectivity index (χ4v) is 7.25. The summed E-state index contributed by atoms with van der Waals surface area (Å²) in [5.41, 5.74) is -0.531. The van der Waals surface area contributed by atoms with Gasteiger partial charge in [-0.05, 0) is 68.4 Å². The highest BCUT2D eigenvalue weighted by Crippen LogP contribution is 2.67. The number of allylic oxidation sites excluding steroid dienone is 4. The largest absolute Gasteiger partial charge is 0.451 e. The van der Waals surface area contributed by atoms with E-state index in [0.717, 1.165) is 32.1 Å². The van der Waals surface area contributed by atoms with E-state index < -0.39 is 23.6 Å². The van der Waals surface area contributed by atoms with Crippen molar-refractivity contribution in [3.63, 3.8) is 0 Å². The van der Waals surface area contributed by atoms with Crippen molar-refractivity contribution in [1.82, 2.24) is 0 Å². The molecule has 0 aromatic rings. The Balaban J connectivity index is 1.71. The first-order chi connectivity index (χ1) is 13.2. The van der Waals surface area contributed by atoms with E-state index in [1.54, 1.807) is 6.08 Å². The van der Waals surface area contributed by atoms with Gasteiger partial charge in [-0.1, -0.05) is 25.5 Å². The number of ketones is 2. The highest BCUT2D eigenvalue weighted by molar-refractivity contribution is 6.01. The third-order valence-corrected chi connectivity index (χ3v) is 8.59. The zero-order valence-corrected chi connectivity index (χ0v) is 17.0. The van der Waals surface area contributed by atoms with Crippen LogP contribution in [0.2, 0.25) is 0 Å². The van der Waals surface area contributed by atoms with Crippen LogP contribution in [-0.2, 0) is 19.1 Å². The number of hydrogen-bond donors (Lipinski definition) is 1. The second-order valence-corrected chi connectivity index (χ2v) is 9.60. The fourth-order valence-electron chi connectivity index (χ4n) is 7.25. The van der Waals surface area contributed by atoms with Crippen molar-refractivity contribution in [2.75, 3.05) is 6.61 Å². The molecule has 0 heterocycles. The van der Waals surface area contributed by atoms with Crippen LogP contribution in [0.5, 0.6) is 0 Å². The van der Waals surface area contributed by atoms with Gasteiger partial charge in [-0.3, -0.25) is 14.4 Å². The van der Waals surface area contributed by atoms with E-state index in [2.05, 4.69) is 19.9 Å². The van der Waals surface area contributed by atoms with E-state index in [0.29, 0.717) is 18.3 Å². The first-order valence-corrected chi connectivity index (χ1v) is 10.5. The van der Waals surface area contributed by atoms with E-state index in [-0.39, 0.29) is 22.9 Å². The lowest BCUT2D eigenvalue weighted by Crippen LogP contribution is -2.59. The molecule has 0 spiro atoms. The number of carbonyl (C=O) groups is 3. The zero-order valence-electron chi connectivity index (χ0n) is 17.0. The molecule has 0 aliphatic heterocycles. The van der Waals surface area contributed by atoms with Gasteiger partial charge in [-0.25, -0.2) is 0 Å². The molecule has 0 radical (unpaired) electrons. The van der Waals surface area contributed by atoms with Gasteiger partial charge in [-0.2, -0.15) is 0 Å². The first-order valence-electron chi connectivity index (χ1n) is 10.5. The molecule has 5 nitrogen and oxygen atoms in total. The molecule has 3 saturated carbocycles. The topological polar surface area (TPSA) is 80.7 Å². The molecule has 1 N–H and O–H groups in total. The predicted octanol–water partition coefficient (Wildman–Crippen LogP) is 3.16. The average molecular weight is 386 g/mol. The molecule has 3 fully saturated rings. The van der Waals surface area contributed by atoms with Crippen LogP contribution in [0.3, 0.4) is 0 Å². The summed E-state index contributed by atoms with van der Waals surface area (Å²) < 4.78 is 5.73. The highest BCUT2D eigenvalue weighted by atomic mass is 16.6. The molecule has 4 aliphatic carbocycles. The minimum atomic E-state index is -1.21. The Morgan fingerprint density at radius 2 is 1.89 bits per heavy atom. The van der Waals surface area contributed by atoms with Crippen molar-refractivity contribution < 1.29 is 24.2 Å². The zero-order chi connectivity index (χ0) is 20.3. The first kappa shape index (κ1) is 19.6. The number of esters is 1. The maximum Gasteiger partial charge on any atom is 0.303 e. The van der Waals surface area contributed by atoms with Gasteiger partial charge in [0.1, 0.15) is 6.61 Å². The number of Topliss-reactive ketones (excluding diaryl/α,β-unsaturated/α-hetero) is 1. The summed E-state index contributed by atoms with van der Waals surface area (Å²) >= 11 is 0. The number of ether oxygens (including phenoxy) is 1. The molecular formula is C23H30O5. The van der Waals surface area contributed by atoms with Crippen LogP contribution >= 0.6 is 0 Å². The van der Waals surface area contributed by atoms with E-state index in [9.17, 15) is 19.5 Å². The molecule has 28 heavy (non-hydrogen) atoms. The molecule has 0 aromatic carbocycles. The van der Waals surface area contributed by atoms with Crippen molar-refractivity contribution in [2.24, 2.45) is 28.6 Å². The number of aliphatic hydroxyl groups is 1. The SMILES string of the molecule is CC(=O)OC1(C(=O)CO)CCC2C3CCC4=CC(=O)C=CC4(C)C3CCC21C. The molecule has 5 heteroatoms. The Morgan fingerprint density at radius 1 is 1.18 bits per heavy atom. The predicted molar refractivity (Wildman–Crippen MR) is 103 cm³/mol. The maximum absolute atomic E-state index is 12.8. The smallest absolute Gasteiger partial charge is 0.303 e. The summed E-state index contributed by atoms with van der Waals surface area (Å²) in [6.45, 7) is 5.08. The Bertz CT molecular complexity index is 795. The van der Waals surface area contributed by atoms with E-state index in [4.69, 9.17) is 4.74 Å². The van der Waals surface area contributed by atoms with Crippen molar-refractivity contribution in [2.45, 2.75) is 64.9 Å². The Morgan fingerprint density at radius 3 is 2.57 bits per heavy atom. The number of hydrogen-bond acceptors (Lipinski definition) is 5. The van der Waals surface area contributed by atoms with Gasteiger partial charge in [0.05, 0.1) is 0 Å². The normalized spacial score (nSPS) is 44.2. The van der Waals surface area contributed by atoms with Crippen LogP contribution in [0.1, 0.15) is 59.3 Å². The summed E-state index contributed by atoms with van der Waals surface area (Å²) in [7, 11) is 0. The van der Waals surface area contributed by atoms with Gasteiger partial charge < -0.3 is 9.84 Å². The number of aliphatic hydroxyl groups excluding tert-OH is 1. The van der Waals surface area contributed by atoms with Gasteiger partial charge in [0.25, 0.3) is 0 Å². The van der Waals surface area contributed by atoms with Crippen LogP contribution < -0.4 is 0 Å². The van der Waals surface area contributed by atoms with Gasteiger partial charge in [0, 0.05) is 17.8 Å². The van der Waals surface area contributed by atoms with Crippen molar-refractivity contribution in [3.05, 3.63) is 23.8 Å². The number of rotatable bonds is 3. The quantitative estimate of drug-likeness (QED) is 0.754. The molecule has 0 aromatic heterocycles. The molecule has 4 rings (SSSR count). The summed E-state index contributed by atoms with van der Waals surface area (Å²) in [4.78, 5) is 36.6. The molecule has 4 aliphatic rings. The second-order valence-electron chi connectivity index (χ2n) is 9.60. The molecular weight excluding hydrogens is 356 g/mol. The van der Waals surface area contributed by atoms with Crippen LogP contribution in [0.4, 0.5) is 0 Å². The molecule has 152 valence electrons. The standard InChI is InChI=1S/C23H30O5/c1-14(25)28-23(20(27)13-24)11-8-19-17-5-4-15-12-16(26)6-9-21(15,2)18(17)7-10-22(19,23)3/h6,9,12,17-19,24H,4-5,7-8,10-11,13H2,1-3H3. The van der Waals surface area contributed by atoms with Crippen molar-refractivity contribution >= 4 is 17.5 Å². The number of carbonyl (C=O) groups excluding carboxylic acids is 3. The van der Waals surface area contributed by atoms with Gasteiger partial charge >= 0.3 is 5.97 Å². The lowest BCUT2D eigenvalue weighted by Gasteiger charge is -2.58. The average Bonchev–Trinajstić information content (AvgIpc) is 2.94. The van der Waals surface area contributed by atoms with Crippen molar-refractivity contribution in [1.29, 1.82) is 0 Å². The lowest BCUT2D eigenvalue weighted by atomic mass is 9.47. The van der Waals surface area contributed by atoms with Crippen LogP contribution in [0, 0.1) is 28.6 Å². The van der Waals surface area contributed by atoms with Crippen molar-refractivity contribution in [3.8, 4) is 0 Å². The van der Waals surface area contributed by atoms with Crippen LogP contribution in [0.15, 0.2) is 23.8 Å². The third kappa shape index (κ3) is 2.44. The van der Waals surface area contributed by atoms with Crippen LogP contribution in [-0.4, -0.2) is 34.9 Å². The number of fused-ring (bicyclic) bond motifs is 5. The highest BCUT2D eigenvalue weighted by Gasteiger charge is 2.68.